The number of quaternary nitrogens is 1. The number of nitrogens with zero attached hydrogens (tertiary/aromatic N) is 5. The molecule has 0 saturated carbocycles. The van der Waals surface area contributed by atoms with Gasteiger partial charge in [0.25, 0.3) is 5.66 Å². The lowest BCUT2D eigenvalue weighted by Gasteiger charge is -2.41. The number of aromatic nitrogens is 4. The quantitative estimate of drug-likeness (QED) is 0.635. The summed E-state index contributed by atoms with van der Waals surface area (Å²) in [5.74, 6) is -0.990. The molecule has 2 rings (SSSR count). The molecule has 1 amide bonds. The number of nitrogens with two attached hydrogens (primary N) is 1. The number of hydrogen-bond donors (Lipinski definition) is 3. The van der Waals surface area contributed by atoms with Crippen molar-refractivity contribution in [3.8, 4) is 0 Å². The summed E-state index contributed by atoms with van der Waals surface area (Å²) in [6.45, 7) is 3.36. The van der Waals surface area contributed by atoms with E-state index in [4.69, 9.17) is 5.73 Å². The molecule has 0 aliphatic carbocycles. The lowest BCUT2D eigenvalue weighted by atomic mass is 10.1. The van der Waals surface area contributed by atoms with Crippen LogP contribution in [0, 0.1) is 6.92 Å². The molecule has 4 N–H and O–H groups in total. The molecule has 0 aliphatic rings. The van der Waals surface area contributed by atoms with Crippen LogP contribution in [-0.4, -0.2) is 58.3 Å². The van der Waals surface area contributed by atoms with Gasteiger partial charge >= 0.3 is 12.1 Å². The standard InChI is InChI=1S/C16H23F3N8O/c1-9-11(8-23-26(9)15(2,13(20)28)27(4,5)6)24-14-22-7-10(16(17,18)19)12(21-3)25-14/h7-8H,1-6H3,(H3-,20,21,22,24,25,28)/p+1. The summed E-state index contributed by atoms with van der Waals surface area (Å²) in [5, 5.41) is 9.51. The van der Waals surface area contributed by atoms with Crippen LogP contribution in [0.25, 0.3) is 0 Å². The molecule has 1 atom stereocenters. The van der Waals surface area contributed by atoms with E-state index in [1.165, 1.54) is 17.9 Å². The molecule has 0 aliphatic heterocycles. The third-order valence-corrected chi connectivity index (χ3v) is 4.77. The fraction of sp³-hybridized carbons (Fsp3) is 0.500. The Balaban J connectivity index is 2.44. The van der Waals surface area contributed by atoms with Gasteiger partial charge in [-0.2, -0.15) is 23.3 Å². The molecule has 0 aromatic carbocycles. The van der Waals surface area contributed by atoms with Crippen molar-refractivity contribution in [2.45, 2.75) is 25.7 Å². The van der Waals surface area contributed by atoms with Crippen molar-refractivity contribution in [1.82, 2.24) is 19.7 Å². The van der Waals surface area contributed by atoms with Gasteiger partial charge in [0, 0.05) is 20.2 Å². The molecule has 1 unspecified atom stereocenters. The second-order valence-electron chi connectivity index (χ2n) is 7.28. The van der Waals surface area contributed by atoms with Gasteiger partial charge in [0.05, 0.1) is 38.7 Å². The normalized spacial score (nSPS) is 14.5. The number of anilines is 3. The molecule has 2 heterocycles. The van der Waals surface area contributed by atoms with E-state index < -0.39 is 23.3 Å². The molecule has 0 spiro atoms. The first-order valence-corrected chi connectivity index (χ1v) is 8.29. The van der Waals surface area contributed by atoms with Crippen molar-refractivity contribution in [3.63, 3.8) is 0 Å². The molecule has 2 aromatic rings. The van der Waals surface area contributed by atoms with Crippen LogP contribution >= 0.6 is 0 Å². The Labute approximate surface area is 160 Å². The summed E-state index contributed by atoms with van der Waals surface area (Å²) >= 11 is 0. The van der Waals surface area contributed by atoms with Gasteiger partial charge in [0.15, 0.2) is 0 Å². The van der Waals surface area contributed by atoms with Gasteiger partial charge in [-0.25, -0.2) is 9.67 Å². The van der Waals surface area contributed by atoms with Crippen LogP contribution in [0.15, 0.2) is 12.4 Å². The summed E-state index contributed by atoms with van der Waals surface area (Å²) in [7, 11) is 6.75. The van der Waals surface area contributed by atoms with E-state index in [2.05, 4.69) is 25.7 Å². The van der Waals surface area contributed by atoms with Crippen LogP contribution in [-0.2, 0) is 16.6 Å². The number of halogens is 3. The number of hydrogen-bond acceptors (Lipinski definition) is 6. The van der Waals surface area contributed by atoms with Gasteiger partial charge in [0.2, 0.25) is 5.95 Å². The first kappa shape index (κ1) is 21.4. The molecule has 0 fully saturated rings. The molecular weight excluding hydrogens is 377 g/mol. The SMILES string of the molecule is CNc1nc(Nc2cnn(C(C)(C(N)=O)[N+](C)(C)C)c2C)ncc1C(F)(F)F. The summed E-state index contributed by atoms with van der Waals surface area (Å²) in [5.41, 5.74) is 4.45. The monoisotopic (exact) mass is 401 g/mol. The predicted molar refractivity (Wildman–Crippen MR) is 97.7 cm³/mol. The van der Waals surface area contributed by atoms with E-state index in [0.29, 0.717) is 17.6 Å². The first-order chi connectivity index (χ1) is 12.7. The number of likely N-dealkylation sites (N-methyl/N-ethyl adjacent to an activating group) is 1. The number of nitrogens with one attached hydrogen (secondary N) is 2. The van der Waals surface area contributed by atoms with Crippen LogP contribution < -0.4 is 16.4 Å². The van der Waals surface area contributed by atoms with E-state index in [1.807, 2.05) is 0 Å². The van der Waals surface area contributed by atoms with Gasteiger partial charge in [-0.05, 0) is 6.92 Å². The molecule has 9 nitrogen and oxygen atoms in total. The molecule has 0 radical (unpaired) electrons. The van der Waals surface area contributed by atoms with Crippen molar-refractivity contribution in [1.29, 1.82) is 0 Å². The Morgan fingerprint density at radius 2 is 1.86 bits per heavy atom. The number of carbonyl (C=O) groups is 1. The fourth-order valence-corrected chi connectivity index (χ4v) is 2.65. The average Bonchev–Trinajstić information content (AvgIpc) is 2.92. The lowest BCUT2D eigenvalue weighted by Crippen LogP contribution is -2.63. The van der Waals surface area contributed by atoms with Crippen molar-refractivity contribution in [2.24, 2.45) is 5.73 Å². The smallest absolute Gasteiger partial charge is 0.372 e. The highest BCUT2D eigenvalue weighted by Crippen LogP contribution is 2.34. The number of amides is 1. The highest BCUT2D eigenvalue weighted by molar-refractivity contribution is 5.81. The summed E-state index contributed by atoms with van der Waals surface area (Å²) in [4.78, 5) is 19.8. The zero-order valence-corrected chi connectivity index (χ0v) is 16.5. The Morgan fingerprint density at radius 3 is 2.32 bits per heavy atom. The van der Waals surface area contributed by atoms with Gasteiger partial charge < -0.3 is 16.4 Å². The predicted octanol–water partition coefficient (Wildman–Crippen LogP) is 1.65. The van der Waals surface area contributed by atoms with Gasteiger partial charge in [-0.15, -0.1) is 0 Å². The molecule has 0 bridgehead atoms. The Kier molecular flexibility index (Phi) is 5.30. The fourth-order valence-electron chi connectivity index (χ4n) is 2.65. The van der Waals surface area contributed by atoms with Gasteiger partial charge in [0.1, 0.15) is 11.4 Å². The largest absolute Gasteiger partial charge is 0.421 e. The average molecular weight is 401 g/mol. The van der Waals surface area contributed by atoms with Gasteiger partial charge in [-0.3, -0.25) is 9.28 Å². The van der Waals surface area contributed by atoms with E-state index in [1.54, 1.807) is 35.0 Å². The molecule has 0 saturated heterocycles. The number of primary amides is 1. The van der Waals surface area contributed by atoms with Crippen LogP contribution in [0.1, 0.15) is 18.2 Å². The highest BCUT2D eigenvalue weighted by Gasteiger charge is 2.48. The minimum Gasteiger partial charge on any atom is -0.372 e. The van der Waals surface area contributed by atoms with Crippen molar-refractivity contribution in [2.75, 3.05) is 38.8 Å². The van der Waals surface area contributed by atoms with Gasteiger partial charge in [-0.1, -0.05) is 0 Å². The topological polar surface area (TPSA) is 111 Å². The summed E-state index contributed by atoms with van der Waals surface area (Å²) < 4.78 is 40.6. The molecule has 28 heavy (non-hydrogen) atoms. The second-order valence-corrected chi connectivity index (χ2v) is 7.28. The Morgan fingerprint density at radius 1 is 1.25 bits per heavy atom. The number of carbonyl (C=O) groups excluding carboxylic acids is 1. The van der Waals surface area contributed by atoms with Crippen LogP contribution in [0.2, 0.25) is 0 Å². The van der Waals surface area contributed by atoms with E-state index in [0.717, 1.165) is 0 Å². The highest BCUT2D eigenvalue weighted by atomic mass is 19.4. The maximum absolute atomic E-state index is 13.0. The zero-order valence-electron chi connectivity index (χ0n) is 16.5. The van der Waals surface area contributed by atoms with E-state index in [-0.39, 0.29) is 16.2 Å². The minimum atomic E-state index is -4.58. The maximum atomic E-state index is 13.0. The first-order valence-electron chi connectivity index (χ1n) is 8.29. The van der Waals surface area contributed by atoms with Crippen LogP contribution in [0.3, 0.4) is 0 Å². The zero-order chi connectivity index (χ0) is 21.5. The molecule has 154 valence electrons. The Bertz CT molecular complexity index is 887. The maximum Gasteiger partial charge on any atom is 0.421 e. The second kappa shape index (κ2) is 6.93. The number of rotatable bonds is 6. The van der Waals surface area contributed by atoms with Crippen molar-refractivity contribution in [3.05, 3.63) is 23.7 Å². The van der Waals surface area contributed by atoms with Crippen molar-refractivity contribution >= 4 is 23.4 Å². The third-order valence-electron chi connectivity index (χ3n) is 4.77. The Hall–Kier alpha value is -2.89. The summed E-state index contributed by atoms with van der Waals surface area (Å²) in [6.07, 6.45) is -2.45. The summed E-state index contributed by atoms with van der Waals surface area (Å²) in [6, 6.07) is 0. The van der Waals surface area contributed by atoms with E-state index >= 15 is 0 Å². The van der Waals surface area contributed by atoms with Crippen molar-refractivity contribution < 1.29 is 22.4 Å². The number of alkyl halides is 3. The molecular formula is C16H24F3N8O+. The molecule has 2 aromatic heterocycles. The molecule has 12 heteroatoms. The van der Waals surface area contributed by atoms with E-state index in [9.17, 15) is 18.0 Å². The lowest BCUT2D eigenvalue weighted by molar-refractivity contribution is -0.930. The van der Waals surface area contributed by atoms with Crippen LogP contribution in [0.5, 0.6) is 0 Å². The third kappa shape index (κ3) is 3.59. The minimum absolute atomic E-state index is 0.0500. The van der Waals surface area contributed by atoms with Crippen LogP contribution in [0.4, 0.5) is 30.6 Å².